The summed E-state index contributed by atoms with van der Waals surface area (Å²) < 4.78 is 32.2. The van der Waals surface area contributed by atoms with Gasteiger partial charge in [-0.25, -0.2) is 8.42 Å². The summed E-state index contributed by atoms with van der Waals surface area (Å²) >= 11 is 0. The zero-order valence-corrected chi connectivity index (χ0v) is 17.5. The highest BCUT2D eigenvalue weighted by Gasteiger charge is 2.28. The Morgan fingerprint density at radius 2 is 1.83 bits per heavy atom. The average Bonchev–Trinajstić information content (AvgIpc) is 2.73. The molecule has 1 heterocycles. The molecule has 2 aromatic carbocycles. The molecule has 6 nitrogen and oxygen atoms in total. The largest absolute Gasteiger partial charge is 0.497 e. The molecule has 0 spiro atoms. The van der Waals surface area contributed by atoms with Crippen molar-refractivity contribution in [1.82, 2.24) is 4.31 Å². The monoisotopic (exact) mass is 414 g/mol. The Kier molecular flexibility index (Phi) is 6.71. The minimum absolute atomic E-state index is 0.248. The number of sulfonamides is 1. The highest BCUT2D eigenvalue weighted by molar-refractivity contribution is 7.89. The van der Waals surface area contributed by atoms with Gasteiger partial charge in [0.05, 0.1) is 12.0 Å². The molecular weight excluding hydrogens is 388 g/mol. The summed E-state index contributed by atoms with van der Waals surface area (Å²) in [5, 5.41) is 2.74. The van der Waals surface area contributed by atoms with Gasteiger partial charge in [0.2, 0.25) is 15.9 Å². The third-order valence-corrected chi connectivity index (χ3v) is 6.80. The number of piperidine rings is 1. The lowest BCUT2D eigenvalue weighted by Gasteiger charge is -2.30. The zero-order chi connectivity index (χ0) is 20.9. The number of anilines is 1. The van der Waals surface area contributed by atoms with Crippen molar-refractivity contribution in [2.45, 2.75) is 24.7 Å². The third-order valence-electron chi connectivity index (χ3n) is 4.92. The maximum absolute atomic E-state index is 12.8. The molecule has 154 valence electrons. The lowest BCUT2D eigenvalue weighted by Crippen LogP contribution is -2.39. The average molecular weight is 415 g/mol. The van der Waals surface area contributed by atoms with Gasteiger partial charge in [-0.1, -0.05) is 19.1 Å². The van der Waals surface area contributed by atoms with E-state index in [0.717, 1.165) is 24.2 Å². The van der Waals surface area contributed by atoms with Gasteiger partial charge in [-0.15, -0.1) is 0 Å². The Morgan fingerprint density at radius 3 is 2.45 bits per heavy atom. The van der Waals surface area contributed by atoms with Crippen LogP contribution in [0, 0.1) is 5.92 Å². The molecule has 1 atom stereocenters. The molecule has 1 amide bonds. The van der Waals surface area contributed by atoms with E-state index in [0.29, 0.717) is 24.7 Å². The van der Waals surface area contributed by atoms with Crippen LogP contribution in [-0.2, 0) is 14.8 Å². The fourth-order valence-corrected chi connectivity index (χ4v) is 4.89. The predicted molar refractivity (Wildman–Crippen MR) is 114 cm³/mol. The van der Waals surface area contributed by atoms with Crippen LogP contribution in [0.15, 0.2) is 59.5 Å². The SMILES string of the molecule is COc1ccc(/C=C/C(=O)Nc2ccc(S(=O)(=O)N3CCCC(C)C3)cc2)cc1. The van der Waals surface area contributed by atoms with E-state index in [1.54, 1.807) is 29.6 Å². The van der Waals surface area contributed by atoms with Gasteiger partial charge in [0.1, 0.15) is 5.75 Å². The minimum atomic E-state index is -3.50. The van der Waals surface area contributed by atoms with Crippen LogP contribution >= 0.6 is 0 Å². The number of rotatable bonds is 6. The first-order valence-electron chi connectivity index (χ1n) is 9.62. The van der Waals surface area contributed by atoms with Crippen LogP contribution in [0.25, 0.3) is 6.08 Å². The lowest BCUT2D eigenvalue weighted by atomic mass is 10.0. The van der Waals surface area contributed by atoms with E-state index in [1.807, 2.05) is 24.3 Å². The number of methoxy groups -OCH3 is 1. The van der Waals surface area contributed by atoms with Gasteiger partial charge in [-0.3, -0.25) is 4.79 Å². The van der Waals surface area contributed by atoms with Crippen molar-refractivity contribution in [3.8, 4) is 5.75 Å². The number of nitrogens with one attached hydrogen (secondary N) is 1. The lowest BCUT2D eigenvalue weighted by molar-refractivity contribution is -0.111. The number of ether oxygens (including phenoxy) is 1. The summed E-state index contributed by atoms with van der Waals surface area (Å²) in [6, 6.07) is 13.6. The van der Waals surface area contributed by atoms with Crippen molar-refractivity contribution in [1.29, 1.82) is 0 Å². The molecule has 0 radical (unpaired) electrons. The van der Waals surface area contributed by atoms with E-state index in [-0.39, 0.29) is 10.8 Å². The molecule has 0 bridgehead atoms. The molecule has 7 heteroatoms. The normalized spacial score (nSPS) is 17.9. The second-order valence-corrected chi connectivity index (χ2v) is 9.17. The Balaban J connectivity index is 1.62. The zero-order valence-electron chi connectivity index (χ0n) is 16.7. The van der Waals surface area contributed by atoms with Crippen molar-refractivity contribution in [2.75, 3.05) is 25.5 Å². The number of hydrogen-bond acceptors (Lipinski definition) is 4. The Labute approximate surface area is 172 Å². The number of amides is 1. The Bertz CT molecular complexity index is 967. The van der Waals surface area contributed by atoms with Gasteiger partial charge >= 0.3 is 0 Å². The molecule has 1 aliphatic rings. The first kappa shape index (κ1) is 21.1. The fourth-order valence-electron chi connectivity index (χ4n) is 3.29. The van der Waals surface area contributed by atoms with Crippen molar-refractivity contribution >= 4 is 27.7 Å². The second kappa shape index (κ2) is 9.24. The molecule has 1 unspecified atom stereocenters. The molecule has 1 N–H and O–H groups in total. The molecular formula is C22H26N2O4S. The maximum Gasteiger partial charge on any atom is 0.248 e. The molecule has 0 saturated carbocycles. The van der Waals surface area contributed by atoms with Crippen LogP contribution in [0.1, 0.15) is 25.3 Å². The van der Waals surface area contributed by atoms with E-state index in [1.165, 1.54) is 18.2 Å². The number of carbonyl (C=O) groups excluding carboxylic acids is 1. The number of hydrogen-bond donors (Lipinski definition) is 1. The Morgan fingerprint density at radius 1 is 1.14 bits per heavy atom. The molecule has 2 aromatic rings. The van der Waals surface area contributed by atoms with Crippen LogP contribution in [0.5, 0.6) is 5.75 Å². The van der Waals surface area contributed by atoms with Crippen molar-refractivity contribution in [2.24, 2.45) is 5.92 Å². The van der Waals surface area contributed by atoms with E-state index < -0.39 is 10.0 Å². The van der Waals surface area contributed by atoms with E-state index in [4.69, 9.17) is 4.74 Å². The van der Waals surface area contributed by atoms with Crippen molar-refractivity contribution in [3.05, 3.63) is 60.2 Å². The topological polar surface area (TPSA) is 75.7 Å². The van der Waals surface area contributed by atoms with E-state index in [2.05, 4.69) is 12.2 Å². The van der Waals surface area contributed by atoms with Crippen LogP contribution in [0.4, 0.5) is 5.69 Å². The number of benzene rings is 2. The quantitative estimate of drug-likeness (QED) is 0.730. The summed E-state index contributed by atoms with van der Waals surface area (Å²) in [5.74, 6) is 0.830. The van der Waals surface area contributed by atoms with Gasteiger partial charge in [0.25, 0.3) is 0 Å². The van der Waals surface area contributed by atoms with E-state index in [9.17, 15) is 13.2 Å². The van der Waals surface area contributed by atoms with Gasteiger partial charge in [0.15, 0.2) is 0 Å². The van der Waals surface area contributed by atoms with Gasteiger partial charge < -0.3 is 10.1 Å². The molecule has 1 saturated heterocycles. The van der Waals surface area contributed by atoms with Crippen LogP contribution < -0.4 is 10.1 Å². The first-order valence-corrected chi connectivity index (χ1v) is 11.1. The molecule has 0 aliphatic carbocycles. The summed E-state index contributed by atoms with van der Waals surface area (Å²) in [6.07, 6.45) is 5.07. The maximum atomic E-state index is 12.8. The minimum Gasteiger partial charge on any atom is -0.497 e. The predicted octanol–water partition coefficient (Wildman–Crippen LogP) is 3.77. The molecule has 1 fully saturated rings. The fraction of sp³-hybridized carbons (Fsp3) is 0.318. The highest BCUT2D eigenvalue weighted by atomic mass is 32.2. The summed E-state index contributed by atoms with van der Waals surface area (Å²) in [6.45, 7) is 3.18. The van der Waals surface area contributed by atoms with E-state index >= 15 is 0 Å². The highest BCUT2D eigenvalue weighted by Crippen LogP contribution is 2.24. The van der Waals surface area contributed by atoms with Gasteiger partial charge in [0, 0.05) is 24.9 Å². The third kappa shape index (κ3) is 5.46. The van der Waals surface area contributed by atoms with Crippen LogP contribution in [-0.4, -0.2) is 38.8 Å². The number of nitrogens with zero attached hydrogens (tertiary/aromatic N) is 1. The second-order valence-electron chi connectivity index (χ2n) is 7.23. The smallest absolute Gasteiger partial charge is 0.248 e. The van der Waals surface area contributed by atoms with Crippen molar-refractivity contribution < 1.29 is 17.9 Å². The summed E-state index contributed by atoms with van der Waals surface area (Å²) in [5.41, 5.74) is 1.42. The van der Waals surface area contributed by atoms with Gasteiger partial charge in [-0.05, 0) is 66.8 Å². The molecule has 29 heavy (non-hydrogen) atoms. The molecule has 1 aliphatic heterocycles. The molecule has 3 rings (SSSR count). The van der Waals surface area contributed by atoms with Crippen LogP contribution in [0.2, 0.25) is 0 Å². The number of carbonyl (C=O) groups is 1. The summed E-state index contributed by atoms with van der Waals surface area (Å²) in [7, 11) is -1.90. The standard InChI is InChI=1S/C22H26N2O4S/c1-17-4-3-15-24(16-17)29(26,27)21-12-8-19(9-13-21)23-22(25)14-7-18-5-10-20(28-2)11-6-18/h5-14,17H,3-4,15-16H2,1-2H3,(H,23,25)/b14-7+. The van der Waals surface area contributed by atoms with Gasteiger partial charge in [-0.2, -0.15) is 4.31 Å². The molecule has 0 aromatic heterocycles. The van der Waals surface area contributed by atoms with Crippen LogP contribution in [0.3, 0.4) is 0 Å². The first-order chi connectivity index (χ1) is 13.9. The van der Waals surface area contributed by atoms with Crippen molar-refractivity contribution in [3.63, 3.8) is 0 Å². The summed E-state index contributed by atoms with van der Waals surface area (Å²) in [4.78, 5) is 12.4. The Hall–Kier alpha value is -2.64.